The van der Waals surface area contributed by atoms with Crippen LogP contribution in [0.15, 0.2) is 28.9 Å². The average molecular weight is 349 g/mol. The molecule has 0 radical (unpaired) electrons. The molecule has 3 rings (SSSR count). The summed E-state index contributed by atoms with van der Waals surface area (Å²) in [6, 6.07) is 5.84. The van der Waals surface area contributed by atoms with E-state index in [2.05, 4.69) is 16.2 Å². The lowest BCUT2D eigenvalue weighted by molar-refractivity contribution is -0.132. The van der Waals surface area contributed by atoms with E-state index in [4.69, 9.17) is 16.1 Å². The first-order chi connectivity index (χ1) is 11.5. The molecule has 6 nitrogen and oxygen atoms in total. The van der Waals surface area contributed by atoms with Crippen LogP contribution in [0.5, 0.6) is 0 Å². The smallest absolute Gasteiger partial charge is 0.223 e. The number of pyridine rings is 1. The summed E-state index contributed by atoms with van der Waals surface area (Å²) in [6.45, 7) is 0.792. The number of carbonyl (C=O) groups is 1. The molecule has 0 aromatic carbocycles. The topological polar surface area (TPSA) is 62.5 Å². The Morgan fingerprint density at radius 1 is 1.46 bits per heavy atom. The third-order valence-electron chi connectivity index (χ3n) is 4.30. The van der Waals surface area contributed by atoms with Crippen LogP contribution in [0.2, 0.25) is 5.15 Å². The molecule has 2 aromatic rings. The summed E-state index contributed by atoms with van der Waals surface area (Å²) in [5, 5.41) is 3.96. The number of aryl methyl sites for hydroxylation is 1. The second-order valence-corrected chi connectivity index (χ2v) is 6.59. The van der Waals surface area contributed by atoms with Gasteiger partial charge in [-0.1, -0.05) is 16.8 Å². The van der Waals surface area contributed by atoms with Gasteiger partial charge in [-0.25, -0.2) is 4.98 Å². The van der Waals surface area contributed by atoms with E-state index in [9.17, 15) is 4.79 Å². The fraction of sp³-hybridized carbons (Fsp3) is 0.471. The van der Waals surface area contributed by atoms with Crippen LogP contribution in [-0.2, 0) is 11.2 Å². The lowest BCUT2D eigenvalue weighted by Gasteiger charge is -2.26. The molecular weight excluding hydrogens is 328 g/mol. The van der Waals surface area contributed by atoms with Crippen molar-refractivity contribution in [3.63, 3.8) is 0 Å². The Hall–Kier alpha value is -2.08. The highest BCUT2D eigenvalue weighted by atomic mass is 35.5. The minimum atomic E-state index is 0.123. The Balaban J connectivity index is 1.68. The number of nitrogens with zero attached hydrogens (tertiary/aromatic N) is 4. The van der Waals surface area contributed by atoms with Gasteiger partial charge >= 0.3 is 0 Å². The summed E-state index contributed by atoms with van der Waals surface area (Å²) in [7, 11) is 3.93. The Morgan fingerprint density at radius 2 is 2.29 bits per heavy atom. The van der Waals surface area contributed by atoms with Crippen molar-refractivity contribution in [2.24, 2.45) is 0 Å². The first-order valence-corrected chi connectivity index (χ1v) is 8.46. The summed E-state index contributed by atoms with van der Waals surface area (Å²) in [5.74, 6) is 1.68. The van der Waals surface area contributed by atoms with Gasteiger partial charge in [0.05, 0.1) is 6.04 Å². The fourth-order valence-corrected chi connectivity index (χ4v) is 3.23. The number of hydrogen-bond acceptors (Lipinski definition) is 5. The number of rotatable bonds is 5. The van der Waals surface area contributed by atoms with Gasteiger partial charge < -0.3 is 14.3 Å². The maximum absolute atomic E-state index is 12.6. The van der Waals surface area contributed by atoms with Crippen molar-refractivity contribution in [2.45, 2.75) is 31.7 Å². The van der Waals surface area contributed by atoms with Crippen molar-refractivity contribution in [3.05, 3.63) is 40.9 Å². The molecule has 0 N–H and O–H groups in total. The Bertz CT molecular complexity index is 716. The van der Waals surface area contributed by atoms with Gasteiger partial charge in [0.15, 0.2) is 5.15 Å². The maximum atomic E-state index is 12.6. The zero-order valence-corrected chi connectivity index (χ0v) is 14.7. The first kappa shape index (κ1) is 16.8. The molecule has 3 heterocycles. The van der Waals surface area contributed by atoms with E-state index < -0.39 is 0 Å². The van der Waals surface area contributed by atoms with Crippen LogP contribution in [0.25, 0.3) is 0 Å². The standard InChI is InChI=1S/C17H21ClN4O2/c1-21(2)16-10-12(7-8-19-16)14-4-3-9-22(14)17(23)6-5-13-11-15(18)20-24-13/h7-8,10-11,14H,3-6,9H2,1-2H3/t14-/m1/s1. The van der Waals surface area contributed by atoms with Gasteiger partial charge in [-0.05, 0) is 30.5 Å². The van der Waals surface area contributed by atoms with Crippen LogP contribution in [0.4, 0.5) is 5.82 Å². The van der Waals surface area contributed by atoms with Gasteiger partial charge in [0.1, 0.15) is 11.6 Å². The predicted octanol–water partition coefficient (Wildman–Crippen LogP) is 3.09. The van der Waals surface area contributed by atoms with Gasteiger partial charge in [0, 0.05) is 45.7 Å². The van der Waals surface area contributed by atoms with Crippen molar-refractivity contribution in [2.75, 3.05) is 25.5 Å². The second-order valence-electron chi connectivity index (χ2n) is 6.20. The van der Waals surface area contributed by atoms with Crippen LogP contribution >= 0.6 is 11.6 Å². The van der Waals surface area contributed by atoms with Crippen molar-refractivity contribution >= 4 is 23.3 Å². The molecule has 0 aliphatic carbocycles. The van der Waals surface area contributed by atoms with Crippen molar-refractivity contribution < 1.29 is 9.32 Å². The fourth-order valence-electron chi connectivity index (χ4n) is 3.08. The highest BCUT2D eigenvalue weighted by Crippen LogP contribution is 2.33. The van der Waals surface area contributed by atoms with Gasteiger partial charge in [-0.2, -0.15) is 0 Å². The van der Waals surface area contributed by atoms with E-state index in [1.807, 2.05) is 36.2 Å². The van der Waals surface area contributed by atoms with Gasteiger partial charge in [0.2, 0.25) is 5.91 Å². The molecule has 128 valence electrons. The van der Waals surface area contributed by atoms with Crippen LogP contribution in [0.3, 0.4) is 0 Å². The zero-order chi connectivity index (χ0) is 17.1. The van der Waals surface area contributed by atoms with Crippen LogP contribution in [0, 0.1) is 0 Å². The Kier molecular flexibility index (Phi) is 5.04. The van der Waals surface area contributed by atoms with Crippen molar-refractivity contribution in [3.8, 4) is 0 Å². The Labute approximate surface area is 146 Å². The monoisotopic (exact) mass is 348 g/mol. The maximum Gasteiger partial charge on any atom is 0.223 e. The largest absolute Gasteiger partial charge is 0.363 e. The molecule has 1 aliphatic heterocycles. The summed E-state index contributed by atoms with van der Waals surface area (Å²) >= 11 is 5.74. The summed E-state index contributed by atoms with van der Waals surface area (Å²) < 4.78 is 5.06. The van der Waals surface area contributed by atoms with Crippen LogP contribution in [-0.4, -0.2) is 41.6 Å². The molecule has 24 heavy (non-hydrogen) atoms. The molecule has 0 spiro atoms. The van der Waals surface area contributed by atoms with E-state index in [0.29, 0.717) is 23.8 Å². The van der Waals surface area contributed by atoms with Crippen LogP contribution < -0.4 is 4.90 Å². The number of halogens is 1. The molecule has 1 atom stereocenters. The molecule has 0 bridgehead atoms. The normalized spacial score (nSPS) is 17.3. The highest BCUT2D eigenvalue weighted by molar-refractivity contribution is 6.29. The van der Waals surface area contributed by atoms with E-state index >= 15 is 0 Å². The first-order valence-electron chi connectivity index (χ1n) is 8.08. The van der Waals surface area contributed by atoms with E-state index in [1.54, 1.807) is 6.07 Å². The summed E-state index contributed by atoms with van der Waals surface area (Å²) in [4.78, 5) is 20.9. The average Bonchev–Trinajstić information content (AvgIpc) is 3.21. The minimum absolute atomic E-state index is 0.123. The third kappa shape index (κ3) is 3.70. The SMILES string of the molecule is CN(C)c1cc([C@H]2CCCN2C(=O)CCc2cc(Cl)no2)ccn1. The van der Waals surface area contributed by atoms with Gasteiger partial charge in [-0.3, -0.25) is 4.79 Å². The summed E-state index contributed by atoms with van der Waals surface area (Å²) in [5.41, 5.74) is 1.14. The lowest BCUT2D eigenvalue weighted by Crippen LogP contribution is -2.30. The highest BCUT2D eigenvalue weighted by Gasteiger charge is 2.30. The minimum Gasteiger partial charge on any atom is -0.363 e. The number of hydrogen-bond donors (Lipinski definition) is 0. The third-order valence-corrected chi connectivity index (χ3v) is 4.48. The molecular formula is C17H21ClN4O2. The van der Waals surface area contributed by atoms with E-state index in [-0.39, 0.29) is 11.9 Å². The summed E-state index contributed by atoms with van der Waals surface area (Å²) in [6.07, 6.45) is 4.72. The molecule has 2 aromatic heterocycles. The van der Waals surface area contributed by atoms with E-state index in [1.165, 1.54) is 0 Å². The molecule has 7 heteroatoms. The van der Waals surface area contributed by atoms with Crippen LogP contribution in [0.1, 0.15) is 36.6 Å². The molecule has 1 aliphatic rings. The number of carbonyl (C=O) groups excluding carboxylic acids is 1. The lowest BCUT2D eigenvalue weighted by atomic mass is 10.1. The van der Waals surface area contributed by atoms with E-state index in [0.717, 1.165) is 30.8 Å². The van der Waals surface area contributed by atoms with Gasteiger partial charge in [0.25, 0.3) is 0 Å². The molecule has 1 saturated heterocycles. The Morgan fingerprint density at radius 3 is 3.00 bits per heavy atom. The second kappa shape index (κ2) is 7.21. The molecule has 0 saturated carbocycles. The number of aromatic nitrogens is 2. The quantitative estimate of drug-likeness (QED) is 0.830. The number of amides is 1. The number of anilines is 1. The van der Waals surface area contributed by atoms with Gasteiger partial charge in [-0.15, -0.1) is 0 Å². The van der Waals surface area contributed by atoms with Crippen molar-refractivity contribution in [1.82, 2.24) is 15.0 Å². The molecule has 1 amide bonds. The predicted molar refractivity (Wildman–Crippen MR) is 92.1 cm³/mol. The molecule has 0 unspecified atom stereocenters. The molecule has 1 fully saturated rings. The zero-order valence-electron chi connectivity index (χ0n) is 13.9. The van der Waals surface area contributed by atoms with Crippen molar-refractivity contribution in [1.29, 1.82) is 0 Å². The number of likely N-dealkylation sites (tertiary alicyclic amines) is 1.